The Morgan fingerprint density at radius 1 is 0.880 bits per heavy atom. The number of aromatic nitrogens is 2. The number of thiazole rings is 2. The Morgan fingerprint density at radius 2 is 1.49 bits per heavy atom. The minimum Gasteiger partial charge on any atom is -0.393 e. The van der Waals surface area contributed by atoms with Gasteiger partial charge in [-0.15, -0.1) is 22.7 Å². The molecule has 8 rings (SSSR count). The van der Waals surface area contributed by atoms with Gasteiger partial charge in [0.1, 0.15) is 6.04 Å². The number of carbonyl (C=O) groups is 4. The monoisotopic (exact) mass is 1060 g/mol. The molecule has 2 aromatic carbocycles. The van der Waals surface area contributed by atoms with Crippen molar-refractivity contribution in [1.29, 1.82) is 5.53 Å². The summed E-state index contributed by atoms with van der Waals surface area (Å²) in [6, 6.07) is 14.0. The number of nitrogens with one attached hydrogen (secondary N) is 4. The molecule has 4 aliphatic rings. The van der Waals surface area contributed by atoms with E-state index in [9.17, 15) is 29.4 Å². The minimum atomic E-state index is -0.859. The molecule has 1 unspecified atom stereocenters. The van der Waals surface area contributed by atoms with Crippen LogP contribution in [0, 0.1) is 47.5 Å². The number of hydrogen-bond donors (Lipinski definition) is 6. The standard InChI is InChI=1S/C58H73N9O6S2/c1-34(22-37-10-14-39(15-11-37)50-35(2)62-32-74-50)23-47(70)46-27-44(69)31-66(46)55(73)53(57(7,8)9)67-30-42(18-21-64-67)58(19-20-58)49(65-59)29-60-52(56(4,5)6)48(71)25-41-24-43(68)26-45(41)54(72)61-28-38-12-16-40(17-13-38)51-36(3)63-33-75-51/h10-18,21,23,29-30,32-33,41,43-46,52-53,59-60,64,68-69H,19-20,22,24-28,31H2,1-9H3,(H,61,72)/b34-23-,49-29-,65-59?/t41?,43-,44+,45+,46-,52+,53+/m0/s1. The highest BCUT2D eigenvalue weighted by molar-refractivity contribution is 7.13. The molecule has 15 nitrogen and oxygen atoms in total. The number of hydrazine groups is 1. The number of aliphatic hydroxyl groups excluding tert-OH is 2. The highest BCUT2D eigenvalue weighted by Crippen LogP contribution is 2.58. The maximum atomic E-state index is 14.9. The lowest BCUT2D eigenvalue weighted by atomic mass is 9.79. The third-order valence-electron chi connectivity index (χ3n) is 15.2. The molecular formula is C58H73N9O6S2. The average Bonchev–Trinajstić information content (AvgIpc) is 3.62. The summed E-state index contributed by atoms with van der Waals surface area (Å²) in [5.74, 6) is -1.68. The van der Waals surface area contributed by atoms with E-state index in [1.54, 1.807) is 46.2 Å². The van der Waals surface area contributed by atoms with Gasteiger partial charge in [-0.2, -0.15) is 5.11 Å². The molecule has 2 aliphatic heterocycles. The Labute approximate surface area is 449 Å². The van der Waals surface area contributed by atoms with Gasteiger partial charge in [-0.25, -0.2) is 15.5 Å². The first-order chi connectivity index (χ1) is 35.6. The lowest BCUT2D eigenvalue weighted by Crippen LogP contribution is -2.58. The van der Waals surface area contributed by atoms with E-state index >= 15 is 0 Å². The molecule has 4 aromatic rings. The van der Waals surface area contributed by atoms with Crippen LogP contribution in [-0.4, -0.2) is 90.3 Å². The number of ketones is 2. The third-order valence-corrected chi connectivity index (χ3v) is 17.2. The van der Waals surface area contributed by atoms with E-state index in [2.05, 4.69) is 55.4 Å². The highest BCUT2D eigenvalue weighted by atomic mass is 32.1. The van der Waals surface area contributed by atoms with Crippen LogP contribution in [0.25, 0.3) is 20.9 Å². The summed E-state index contributed by atoms with van der Waals surface area (Å²) in [5, 5.41) is 34.0. The van der Waals surface area contributed by atoms with Crippen molar-refractivity contribution in [3.8, 4) is 20.9 Å². The molecule has 6 N–H and O–H groups in total. The summed E-state index contributed by atoms with van der Waals surface area (Å²) < 4.78 is 0. The van der Waals surface area contributed by atoms with Crippen LogP contribution in [0.2, 0.25) is 0 Å². The van der Waals surface area contributed by atoms with Gasteiger partial charge in [0.05, 0.1) is 62.2 Å². The molecule has 75 heavy (non-hydrogen) atoms. The highest BCUT2D eigenvalue weighted by Gasteiger charge is 2.52. The number of Topliss-reactive ketones (excluding diaryl/α,β-unsaturated/α-hetero) is 1. The molecule has 2 aromatic heterocycles. The van der Waals surface area contributed by atoms with E-state index in [-0.39, 0.29) is 55.1 Å². The molecule has 2 saturated carbocycles. The van der Waals surface area contributed by atoms with Crippen molar-refractivity contribution in [3.63, 3.8) is 0 Å². The summed E-state index contributed by atoms with van der Waals surface area (Å²) in [4.78, 5) is 69.5. The number of allylic oxidation sites excluding steroid dienone is 3. The zero-order valence-electron chi connectivity index (χ0n) is 44.6. The first-order valence-corrected chi connectivity index (χ1v) is 27.8. The van der Waals surface area contributed by atoms with Gasteiger partial charge in [0.15, 0.2) is 11.6 Å². The molecule has 17 heteroatoms. The second kappa shape index (κ2) is 22.6. The Bertz CT molecular complexity index is 2880. The van der Waals surface area contributed by atoms with E-state index < -0.39 is 52.5 Å². The maximum absolute atomic E-state index is 14.9. The maximum Gasteiger partial charge on any atom is 0.248 e. The molecule has 3 fully saturated rings. The average molecular weight is 1060 g/mol. The topological polar surface area (TPSA) is 213 Å². The summed E-state index contributed by atoms with van der Waals surface area (Å²) >= 11 is 3.19. The molecule has 2 amide bonds. The lowest BCUT2D eigenvalue weighted by molar-refractivity contribution is -0.144. The number of benzene rings is 2. The van der Waals surface area contributed by atoms with Crippen LogP contribution in [0.15, 0.2) is 112 Å². The van der Waals surface area contributed by atoms with Gasteiger partial charge in [-0.3, -0.25) is 24.2 Å². The normalized spacial score (nSPS) is 22.5. The SMILES string of the molecule is C/C(=C/C(=O)[C@@H]1C[C@@H](O)CN1C(=O)[C@@H](N1C=C(C2(/C(=C/N[C@H](C(=O)CC3C[C@H](O)C[C@H]3C(=O)NCc3ccc(-c4scnc4C)cc3)C(C)(C)C)N=N)CC2)C=CN1)C(C)(C)C)Cc1ccc(-c2scnc2C)cc1. The van der Waals surface area contributed by atoms with Gasteiger partial charge in [0.25, 0.3) is 0 Å². The molecule has 0 spiro atoms. The largest absolute Gasteiger partial charge is 0.393 e. The third kappa shape index (κ3) is 12.6. The van der Waals surface area contributed by atoms with E-state index in [1.807, 2.05) is 110 Å². The number of nitrogens with zero attached hydrogens (tertiary/aromatic N) is 5. The van der Waals surface area contributed by atoms with Gasteiger partial charge in [-0.1, -0.05) is 95.6 Å². The fraction of sp³-hybridized carbons (Fsp3) is 0.483. The van der Waals surface area contributed by atoms with Crippen molar-refractivity contribution in [2.75, 3.05) is 6.54 Å². The van der Waals surface area contributed by atoms with Crippen LogP contribution in [0.4, 0.5) is 0 Å². The second-order valence-corrected chi connectivity index (χ2v) is 24.9. The quantitative estimate of drug-likeness (QED) is 0.0384. The van der Waals surface area contributed by atoms with Gasteiger partial charge in [0.2, 0.25) is 11.8 Å². The number of rotatable bonds is 19. The smallest absolute Gasteiger partial charge is 0.248 e. The van der Waals surface area contributed by atoms with Crippen molar-refractivity contribution in [2.45, 2.75) is 144 Å². The van der Waals surface area contributed by atoms with Crippen LogP contribution >= 0.6 is 22.7 Å². The molecule has 0 bridgehead atoms. The van der Waals surface area contributed by atoms with E-state index in [4.69, 9.17) is 5.53 Å². The van der Waals surface area contributed by atoms with E-state index in [1.165, 1.54) is 4.90 Å². The van der Waals surface area contributed by atoms with E-state index in [0.717, 1.165) is 54.5 Å². The second-order valence-electron chi connectivity index (χ2n) is 23.2. The van der Waals surface area contributed by atoms with Crippen LogP contribution < -0.4 is 16.1 Å². The summed E-state index contributed by atoms with van der Waals surface area (Å²) in [7, 11) is 0. The van der Waals surface area contributed by atoms with Crippen LogP contribution in [0.1, 0.15) is 110 Å². The van der Waals surface area contributed by atoms with Crippen LogP contribution in [-0.2, 0) is 32.1 Å². The first-order valence-electron chi connectivity index (χ1n) is 26.0. The fourth-order valence-corrected chi connectivity index (χ4v) is 12.7. The summed E-state index contributed by atoms with van der Waals surface area (Å²) in [6.45, 7) is 18.0. The number of β-amino-alcohol motifs (C(OH)–C–C–N with tert-alkyl or cyclic N) is 1. The van der Waals surface area contributed by atoms with Crippen LogP contribution in [0.3, 0.4) is 0 Å². The molecular weight excluding hydrogens is 983 g/mol. The number of hydrogen-bond acceptors (Lipinski definition) is 15. The van der Waals surface area contributed by atoms with Gasteiger partial charge >= 0.3 is 0 Å². The molecule has 4 heterocycles. The zero-order valence-corrected chi connectivity index (χ0v) is 46.3. The molecule has 398 valence electrons. The van der Waals surface area contributed by atoms with Crippen LogP contribution in [0.5, 0.6) is 0 Å². The molecule has 7 atom stereocenters. The van der Waals surface area contributed by atoms with Crippen molar-refractivity contribution in [3.05, 3.63) is 130 Å². The van der Waals surface area contributed by atoms with E-state index in [0.29, 0.717) is 37.9 Å². The summed E-state index contributed by atoms with van der Waals surface area (Å²) in [6.07, 6.45) is 10.1. The Morgan fingerprint density at radius 3 is 2.04 bits per heavy atom. The molecule has 2 aliphatic carbocycles. The molecule has 1 saturated heterocycles. The number of carbonyl (C=O) groups excluding carboxylic acids is 4. The van der Waals surface area contributed by atoms with Crippen molar-refractivity contribution >= 4 is 46.1 Å². The Balaban J connectivity index is 0.928. The van der Waals surface area contributed by atoms with Crippen molar-refractivity contribution in [1.82, 2.24) is 35.9 Å². The van der Waals surface area contributed by atoms with Gasteiger partial charge in [-0.05, 0) is 110 Å². The fourth-order valence-electron chi connectivity index (χ4n) is 11.1. The Hall–Kier alpha value is -6.14. The van der Waals surface area contributed by atoms with Crippen molar-refractivity contribution in [2.24, 2.45) is 33.2 Å². The first kappa shape index (κ1) is 55.1. The number of aliphatic hydroxyl groups is 2. The van der Waals surface area contributed by atoms with Gasteiger partial charge < -0.3 is 31.2 Å². The predicted molar refractivity (Wildman–Crippen MR) is 294 cm³/mol. The Kier molecular flexibility index (Phi) is 16.6. The molecule has 0 radical (unpaired) electrons. The van der Waals surface area contributed by atoms with Crippen molar-refractivity contribution < 1.29 is 29.4 Å². The van der Waals surface area contributed by atoms with Gasteiger partial charge in [0, 0.05) is 55.9 Å². The predicted octanol–water partition coefficient (Wildman–Crippen LogP) is 9.52. The zero-order chi connectivity index (χ0) is 54.0. The lowest BCUT2D eigenvalue weighted by Gasteiger charge is -2.42. The number of amides is 2. The minimum absolute atomic E-state index is 0.0283. The number of aryl methyl sites for hydroxylation is 2. The number of likely N-dealkylation sites (tertiary alicyclic amines) is 1. The summed E-state index contributed by atoms with van der Waals surface area (Å²) in [5.41, 5.74) is 21.7.